The topological polar surface area (TPSA) is 78.2 Å². The van der Waals surface area contributed by atoms with Crippen molar-refractivity contribution in [3.63, 3.8) is 0 Å². The second-order valence-corrected chi connectivity index (χ2v) is 4.35. The molecular formula is C13H14N4O. The fraction of sp³-hybridized carbons (Fsp3) is 0.385. The zero-order valence-corrected chi connectivity index (χ0v) is 10.2. The van der Waals surface area contributed by atoms with Crippen molar-refractivity contribution in [3.8, 4) is 0 Å². The van der Waals surface area contributed by atoms with Gasteiger partial charge in [-0.2, -0.15) is 0 Å². The highest BCUT2D eigenvalue weighted by atomic mass is 16.1. The quantitative estimate of drug-likeness (QED) is 0.345. The number of ketones is 1. The highest BCUT2D eigenvalue weighted by Gasteiger charge is 2.30. The number of nitrogens with zero attached hydrogens (tertiary/aromatic N) is 4. The molecule has 0 bridgehead atoms. The van der Waals surface area contributed by atoms with Crippen LogP contribution >= 0.6 is 0 Å². The third-order valence-corrected chi connectivity index (χ3v) is 3.06. The van der Waals surface area contributed by atoms with Crippen LogP contribution in [0.1, 0.15) is 30.1 Å². The fourth-order valence-electron chi connectivity index (χ4n) is 2.13. The van der Waals surface area contributed by atoms with Gasteiger partial charge in [0.15, 0.2) is 5.78 Å². The molecule has 5 nitrogen and oxygen atoms in total. The first-order valence-corrected chi connectivity index (χ1v) is 5.89. The molecule has 0 radical (unpaired) electrons. The molecule has 0 aromatic heterocycles. The molecule has 1 aliphatic heterocycles. The number of carbonyl (C=O) groups excluding carboxylic acids is 1. The summed E-state index contributed by atoms with van der Waals surface area (Å²) in [6.07, 6.45) is 1.64. The maximum Gasteiger partial charge on any atom is 0.173 e. The van der Waals surface area contributed by atoms with Crippen molar-refractivity contribution in [2.75, 3.05) is 0 Å². The van der Waals surface area contributed by atoms with Crippen molar-refractivity contribution in [2.24, 2.45) is 10.1 Å². The third-order valence-electron chi connectivity index (χ3n) is 3.06. The van der Waals surface area contributed by atoms with Gasteiger partial charge in [0.25, 0.3) is 0 Å². The normalized spacial score (nSPS) is 19.8. The minimum atomic E-state index is -0.727. The Morgan fingerprint density at radius 3 is 2.78 bits per heavy atom. The van der Waals surface area contributed by atoms with E-state index in [4.69, 9.17) is 5.53 Å². The standard InChI is InChI=1S/C13H14N4O/c1-9-7-8-11(15-9)12(16-17-14)13(18)10-5-3-2-4-6-10/h2-6,11-12H,7-8H2,1H3/t11-,12+/m1/s1. The second kappa shape index (κ2) is 5.47. The van der Waals surface area contributed by atoms with Crippen LogP contribution in [-0.4, -0.2) is 23.6 Å². The molecule has 0 saturated carbocycles. The van der Waals surface area contributed by atoms with Gasteiger partial charge < -0.3 is 0 Å². The van der Waals surface area contributed by atoms with E-state index in [1.165, 1.54) is 0 Å². The third kappa shape index (κ3) is 2.57. The molecule has 0 fully saturated rings. The lowest BCUT2D eigenvalue weighted by Gasteiger charge is -2.14. The summed E-state index contributed by atoms with van der Waals surface area (Å²) >= 11 is 0. The van der Waals surface area contributed by atoms with Gasteiger partial charge in [0, 0.05) is 16.2 Å². The molecule has 1 heterocycles. The Balaban J connectivity index is 2.26. The number of hydrogen-bond donors (Lipinski definition) is 0. The first-order valence-electron chi connectivity index (χ1n) is 5.89. The summed E-state index contributed by atoms with van der Waals surface area (Å²) in [4.78, 5) is 19.5. The Morgan fingerprint density at radius 1 is 1.50 bits per heavy atom. The molecule has 5 heteroatoms. The summed E-state index contributed by atoms with van der Waals surface area (Å²) in [6.45, 7) is 1.93. The maximum atomic E-state index is 12.3. The molecule has 1 aromatic carbocycles. The predicted octanol–water partition coefficient (Wildman–Crippen LogP) is 3.17. The monoisotopic (exact) mass is 242 g/mol. The van der Waals surface area contributed by atoms with Crippen molar-refractivity contribution in [1.29, 1.82) is 0 Å². The first-order chi connectivity index (χ1) is 8.72. The van der Waals surface area contributed by atoms with E-state index in [9.17, 15) is 4.79 Å². The van der Waals surface area contributed by atoms with Gasteiger partial charge in [0.1, 0.15) is 6.04 Å². The zero-order chi connectivity index (χ0) is 13.0. The summed E-state index contributed by atoms with van der Waals surface area (Å²) in [5.74, 6) is -0.156. The van der Waals surface area contributed by atoms with Crippen molar-refractivity contribution in [1.82, 2.24) is 0 Å². The van der Waals surface area contributed by atoms with Gasteiger partial charge in [0.2, 0.25) is 0 Å². The maximum absolute atomic E-state index is 12.3. The van der Waals surface area contributed by atoms with E-state index in [0.717, 1.165) is 18.6 Å². The van der Waals surface area contributed by atoms with E-state index in [2.05, 4.69) is 15.0 Å². The smallest absolute Gasteiger partial charge is 0.173 e. The Bertz CT molecular complexity index is 517. The van der Waals surface area contributed by atoms with Gasteiger partial charge in [-0.25, -0.2) is 0 Å². The molecule has 0 unspecified atom stereocenters. The van der Waals surface area contributed by atoms with Crippen molar-refractivity contribution in [3.05, 3.63) is 46.3 Å². The van der Waals surface area contributed by atoms with Gasteiger partial charge in [-0.15, -0.1) is 0 Å². The van der Waals surface area contributed by atoms with Gasteiger partial charge in [-0.3, -0.25) is 9.79 Å². The number of rotatable bonds is 4. The minimum absolute atomic E-state index is 0.156. The van der Waals surface area contributed by atoms with Crippen LogP contribution in [0.5, 0.6) is 0 Å². The van der Waals surface area contributed by atoms with Gasteiger partial charge in [-0.1, -0.05) is 35.4 Å². The van der Waals surface area contributed by atoms with Crippen LogP contribution in [0.3, 0.4) is 0 Å². The van der Waals surface area contributed by atoms with Crippen LogP contribution < -0.4 is 0 Å². The van der Waals surface area contributed by atoms with Crippen molar-refractivity contribution >= 4 is 11.5 Å². The lowest BCUT2D eigenvalue weighted by atomic mass is 9.97. The summed E-state index contributed by atoms with van der Waals surface area (Å²) in [5.41, 5.74) is 10.2. The molecule has 0 aliphatic carbocycles. The van der Waals surface area contributed by atoms with Crippen molar-refractivity contribution in [2.45, 2.75) is 31.8 Å². The highest BCUT2D eigenvalue weighted by Crippen LogP contribution is 2.21. The number of hydrogen-bond acceptors (Lipinski definition) is 3. The van der Waals surface area contributed by atoms with Gasteiger partial charge >= 0.3 is 0 Å². The molecule has 18 heavy (non-hydrogen) atoms. The SMILES string of the molecule is CC1=N[C@@H]([C@H](N=[N+]=[N-])C(=O)c2ccccc2)CC1. The van der Waals surface area contributed by atoms with E-state index in [1.54, 1.807) is 24.3 Å². The van der Waals surface area contributed by atoms with Gasteiger partial charge in [0.05, 0.1) is 6.04 Å². The summed E-state index contributed by atoms with van der Waals surface area (Å²) in [5, 5.41) is 3.64. The summed E-state index contributed by atoms with van der Waals surface area (Å²) < 4.78 is 0. The molecule has 0 amide bonds. The van der Waals surface area contributed by atoms with E-state index in [-0.39, 0.29) is 11.8 Å². The average Bonchev–Trinajstić information content (AvgIpc) is 2.82. The van der Waals surface area contributed by atoms with Crippen LogP contribution in [0.4, 0.5) is 0 Å². The molecule has 92 valence electrons. The Kier molecular flexibility index (Phi) is 3.75. The van der Waals surface area contributed by atoms with Crippen molar-refractivity contribution < 1.29 is 4.79 Å². The highest BCUT2D eigenvalue weighted by molar-refractivity contribution is 6.01. The minimum Gasteiger partial charge on any atom is -0.294 e. The Hall–Kier alpha value is -2.13. The largest absolute Gasteiger partial charge is 0.294 e. The first kappa shape index (κ1) is 12.3. The zero-order valence-electron chi connectivity index (χ0n) is 10.2. The number of azide groups is 1. The molecule has 0 N–H and O–H groups in total. The average molecular weight is 242 g/mol. The van der Waals surface area contributed by atoms with Crippen LogP contribution in [0.15, 0.2) is 40.4 Å². The number of carbonyl (C=O) groups is 1. The Labute approximate surface area is 105 Å². The van der Waals surface area contributed by atoms with E-state index >= 15 is 0 Å². The number of benzene rings is 1. The molecular weight excluding hydrogens is 228 g/mol. The molecule has 1 aromatic rings. The lowest BCUT2D eigenvalue weighted by molar-refractivity contribution is 0.0950. The molecule has 2 rings (SSSR count). The number of Topliss-reactive ketones (excluding diaryl/α,β-unsaturated/α-hetero) is 1. The fourth-order valence-corrected chi connectivity index (χ4v) is 2.13. The van der Waals surface area contributed by atoms with Gasteiger partial charge in [-0.05, 0) is 25.3 Å². The molecule has 0 saturated heterocycles. The second-order valence-electron chi connectivity index (χ2n) is 4.35. The summed E-state index contributed by atoms with van der Waals surface area (Å²) in [7, 11) is 0. The van der Waals surface area contributed by atoms with E-state index in [0.29, 0.717) is 5.56 Å². The van der Waals surface area contributed by atoms with Crippen LogP contribution in [0.25, 0.3) is 10.4 Å². The predicted molar refractivity (Wildman–Crippen MR) is 69.8 cm³/mol. The van der Waals surface area contributed by atoms with E-state index < -0.39 is 6.04 Å². The van der Waals surface area contributed by atoms with Crippen LogP contribution in [-0.2, 0) is 0 Å². The molecule has 0 spiro atoms. The Morgan fingerprint density at radius 2 is 2.22 bits per heavy atom. The molecule has 2 atom stereocenters. The molecule has 1 aliphatic rings. The number of aliphatic imine (C=N–C) groups is 1. The summed E-state index contributed by atoms with van der Waals surface area (Å²) in [6, 6.07) is 7.95. The van der Waals surface area contributed by atoms with Crippen LogP contribution in [0.2, 0.25) is 0 Å². The van der Waals surface area contributed by atoms with E-state index in [1.807, 2.05) is 13.0 Å². The lowest BCUT2D eigenvalue weighted by Crippen LogP contribution is -2.29. The van der Waals surface area contributed by atoms with Crippen LogP contribution in [0, 0.1) is 0 Å².